The van der Waals surface area contributed by atoms with Crippen LogP contribution in [0.25, 0.3) is 0 Å². The lowest BCUT2D eigenvalue weighted by Crippen LogP contribution is -2.15. The maximum absolute atomic E-state index is 4.30. The van der Waals surface area contributed by atoms with E-state index in [-0.39, 0.29) is 0 Å². The van der Waals surface area contributed by atoms with Crippen LogP contribution in [0.1, 0.15) is 26.2 Å². The van der Waals surface area contributed by atoms with Crippen molar-refractivity contribution in [1.29, 1.82) is 0 Å². The molecule has 1 aromatic heterocycles. The molecule has 0 spiro atoms. The van der Waals surface area contributed by atoms with E-state index in [1.165, 1.54) is 19.3 Å². The maximum atomic E-state index is 4.30. The minimum Gasteiger partial charge on any atom is -0.366 e. The van der Waals surface area contributed by atoms with Gasteiger partial charge in [0.05, 0.1) is 0 Å². The Kier molecular flexibility index (Phi) is 2.25. The van der Waals surface area contributed by atoms with E-state index in [0.29, 0.717) is 6.04 Å². The molecule has 1 aliphatic rings. The van der Waals surface area contributed by atoms with Gasteiger partial charge in [0.15, 0.2) is 0 Å². The van der Waals surface area contributed by atoms with Crippen LogP contribution >= 0.6 is 0 Å². The topological polar surface area (TPSA) is 29.9 Å². The summed E-state index contributed by atoms with van der Waals surface area (Å²) in [6.07, 6.45) is 5.90. The van der Waals surface area contributed by atoms with Crippen molar-refractivity contribution in [2.45, 2.75) is 32.2 Å². The molecule has 13 heavy (non-hydrogen) atoms. The summed E-state index contributed by atoms with van der Waals surface area (Å²) >= 11 is 0. The Morgan fingerprint density at radius 1 is 1.54 bits per heavy atom. The van der Waals surface area contributed by atoms with Crippen LogP contribution in [-0.4, -0.2) is 15.8 Å². The monoisotopic (exact) mass is 179 g/mol. The lowest BCUT2D eigenvalue weighted by Gasteiger charge is -2.10. The quantitative estimate of drug-likeness (QED) is 0.752. The molecule has 0 saturated heterocycles. The summed E-state index contributed by atoms with van der Waals surface area (Å²) in [7, 11) is 1.95. The number of aryl methyl sites for hydroxylation is 1. The second-order valence-corrected chi connectivity index (χ2v) is 4.13. The molecule has 1 fully saturated rings. The third-order valence-corrected chi connectivity index (χ3v) is 2.76. The van der Waals surface area contributed by atoms with Gasteiger partial charge in [0.1, 0.15) is 5.82 Å². The molecule has 1 saturated carbocycles. The van der Waals surface area contributed by atoms with Crippen LogP contribution in [0.15, 0.2) is 12.3 Å². The standard InChI is InChI=1S/C10H17N3/c1-8-3-4-9(7-8)11-10-5-6-13(2)12-10/h5-6,8-9H,3-4,7H2,1-2H3,(H,11,12)/t8-,9-/m0/s1. The minimum absolute atomic E-state index is 0.643. The molecule has 1 heterocycles. The Balaban J connectivity index is 1.91. The third-order valence-electron chi connectivity index (χ3n) is 2.76. The van der Waals surface area contributed by atoms with Gasteiger partial charge in [-0.15, -0.1) is 0 Å². The summed E-state index contributed by atoms with van der Waals surface area (Å²) in [6, 6.07) is 2.67. The summed E-state index contributed by atoms with van der Waals surface area (Å²) in [5.74, 6) is 1.89. The van der Waals surface area contributed by atoms with Crippen molar-refractivity contribution in [3.63, 3.8) is 0 Å². The fourth-order valence-corrected chi connectivity index (χ4v) is 2.04. The van der Waals surface area contributed by atoms with Gasteiger partial charge in [-0.3, -0.25) is 4.68 Å². The van der Waals surface area contributed by atoms with Gasteiger partial charge in [-0.1, -0.05) is 6.92 Å². The molecule has 3 nitrogen and oxygen atoms in total. The van der Waals surface area contributed by atoms with Gasteiger partial charge in [-0.05, 0) is 25.2 Å². The van der Waals surface area contributed by atoms with E-state index in [2.05, 4.69) is 17.3 Å². The van der Waals surface area contributed by atoms with Crippen molar-refractivity contribution in [3.05, 3.63) is 12.3 Å². The highest BCUT2D eigenvalue weighted by Crippen LogP contribution is 2.26. The van der Waals surface area contributed by atoms with Crippen molar-refractivity contribution >= 4 is 5.82 Å². The van der Waals surface area contributed by atoms with Crippen LogP contribution in [0.3, 0.4) is 0 Å². The van der Waals surface area contributed by atoms with Gasteiger partial charge >= 0.3 is 0 Å². The fraction of sp³-hybridized carbons (Fsp3) is 0.700. The highest BCUT2D eigenvalue weighted by atomic mass is 15.3. The molecular formula is C10H17N3. The van der Waals surface area contributed by atoms with Gasteiger partial charge < -0.3 is 5.32 Å². The lowest BCUT2D eigenvalue weighted by atomic mass is 10.1. The maximum Gasteiger partial charge on any atom is 0.148 e. The first-order chi connectivity index (χ1) is 6.24. The highest BCUT2D eigenvalue weighted by Gasteiger charge is 2.21. The summed E-state index contributed by atoms with van der Waals surface area (Å²) in [5, 5.41) is 7.76. The number of rotatable bonds is 2. The fourth-order valence-electron chi connectivity index (χ4n) is 2.04. The number of nitrogens with one attached hydrogen (secondary N) is 1. The predicted molar refractivity (Wildman–Crippen MR) is 53.6 cm³/mol. The van der Waals surface area contributed by atoms with Crippen molar-refractivity contribution in [1.82, 2.24) is 9.78 Å². The molecule has 0 unspecified atom stereocenters. The van der Waals surface area contributed by atoms with E-state index in [1.54, 1.807) is 0 Å². The van der Waals surface area contributed by atoms with Crippen molar-refractivity contribution < 1.29 is 0 Å². The molecule has 1 aromatic rings. The molecule has 72 valence electrons. The highest BCUT2D eigenvalue weighted by molar-refractivity contribution is 5.33. The largest absolute Gasteiger partial charge is 0.366 e. The molecule has 0 radical (unpaired) electrons. The van der Waals surface area contributed by atoms with Crippen LogP contribution in [0, 0.1) is 5.92 Å². The third kappa shape index (κ3) is 2.02. The lowest BCUT2D eigenvalue weighted by molar-refractivity contribution is 0.602. The molecule has 0 bridgehead atoms. The average molecular weight is 179 g/mol. The first-order valence-corrected chi connectivity index (χ1v) is 5.00. The summed E-state index contributed by atoms with van der Waals surface area (Å²) in [6.45, 7) is 2.32. The number of nitrogens with zero attached hydrogens (tertiary/aromatic N) is 2. The Labute approximate surface area is 79.1 Å². The Bertz CT molecular complexity index is 279. The van der Waals surface area contributed by atoms with Crippen LogP contribution in [0.4, 0.5) is 5.82 Å². The van der Waals surface area contributed by atoms with Gasteiger partial charge in [-0.25, -0.2) is 0 Å². The summed E-state index contributed by atoms with van der Waals surface area (Å²) in [5.41, 5.74) is 0. The molecular weight excluding hydrogens is 162 g/mol. The zero-order valence-electron chi connectivity index (χ0n) is 8.33. The van der Waals surface area contributed by atoms with E-state index in [0.717, 1.165) is 11.7 Å². The van der Waals surface area contributed by atoms with E-state index in [1.807, 2.05) is 24.0 Å². The van der Waals surface area contributed by atoms with E-state index in [9.17, 15) is 0 Å². The second kappa shape index (κ2) is 3.40. The van der Waals surface area contributed by atoms with E-state index >= 15 is 0 Å². The molecule has 3 heteroatoms. The number of anilines is 1. The molecule has 0 aromatic carbocycles. The normalized spacial score (nSPS) is 27.8. The average Bonchev–Trinajstić information content (AvgIpc) is 2.62. The van der Waals surface area contributed by atoms with Crippen LogP contribution < -0.4 is 5.32 Å². The van der Waals surface area contributed by atoms with Gasteiger partial charge in [-0.2, -0.15) is 5.10 Å². The van der Waals surface area contributed by atoms with E-state index < -0.39 is 0 Å². The molecule has 0 aliphatic heterocycles. The summed E-state index contributed by atoms with van der Waals surface area (Å²) < 4.78 is 1.83. The minimum atomic E-state index is 0.643. The summed E-state index contributed by atoms with van der Waals surface area (Å²) in [4.78, 5) is 0. The predicted octanol–water partition coefficient (Wildman–Crippen LogP) is 2.02. The van der Waals surface area contributed by atoms with Crippen LogP contribution in [0.5, 0.6) is 0 Å². The molecule has 2 atom stereocenters. The smallest absolute Gasteiger partial charge is 0.148 e. The van der Waals surface area contributed by atoms with E-state index in [4.69, 9.17) is 0 Å². The number of hydrogen-bond donors (Lipinski definition) is 1. The first kappa shape index (κ1) is 8.60. The first-order valence-electron chi connectivity index (χ1n) is 5.00. The molecule has 0 amide bonds. The van der Waals surface area contributed by atoms with Crippen molar-refractivity contribution in [2.75, 3.05) is 5.32 Å². The SMILES string of the molecule is C[C@H]1CC[C@H](Nc2ccn(C)n2)C1. The van der Waals surface area contributed by atoms with Crippen molar-refractivity contribution in [3.8, 4) is 0 Å². The Hall–Kier alpha value is -0.990. The van der Waals surface area contributed by atoms with Gasteiger partial charge in [0.25, 0.3) is 0 Å². The molecule has 1 aliphatic carbocycles. The van der Waals surface area contributed by atoms with Crippen molar-refractivity contribution in [2.24, 2.45) is 13.0 Å². The Morgan fingerprint density at radius 2 is 2.38 bits per heavy atom. The van der Waals surface area contributed by atoms with Crippen LogP contribution in [-0.2, 0) is 7.05 Å². The van der Waals surface area contributed by atoms with Gasteiger partial charge in [0.2, 0.25) is 0 Å². The number of hydrogen-bond acceptors (Lipinski definition) is 2. The zero-order valence-corrected chi connectivity index (χ0v) is 8.33. The molecule has 2 rings (SSSR count). The van der Waals surface area contributed by atoms with Crippen LogP contribution in [0.2, 0.25) is 0 Å². The zero-order chi connectivity index (χ0) is 9.26. The number of aromatic nitrogens is 2. The molecule has 1 N–H and O–H groups in total. The Morgan fingerprint density at radius 3 is 2.92 bits per heavy atom. The second-order valence-electron chi connectivity index (χ2n) is 4.13. The van der Waals surface area contributed by atoms with Gasteiger partial charge in [0, 0.05) is 25.4 Å².